The number of rotatable bonds is 1. The van der Waals surface area contributed by atoms with Crippen LogP contribution >= 0.6 is 23.4 Å². The highest BCUT2D eigenvalue weighted by Gasteiger charge is 2.70. The zero-order valence-electron chi connectivity index (χ0n) is 7.19. The molecule has 64 valence electrons. The summed E-state index contributed by atoms with van der Waals surface area (Å²) in [6.07, 6.45) is 1.40. The van der Waals surface area contributed by atoms with Gasteiger partial charge in [0.15, 0.2) is 0 Å². The summed E-state index contributed by atoms with van der Waals surface area (Å²) in [6.45, 7) is 4.76. The third kappa shape index (κ3) is 0.846. The van der Waals surface area contributed by atoms with Crippen LogP contribution in [0.25, 0.3) is 0 Å². The molecule has 0 radical (unpaired) electrons. The molecule has 0 aromatic rings. The first-order chi connectivity index (χ1) is 5.15. The van der Waals surface area contributed by atoms with Crippen molar-refractivity contribution in [2.75, 3.05) is 17.4 Å². The maximum atomic E-state index is 5.94. The normalized spacial score (nSPS) is 46.6. The second kappa shape index (κ2) is 2.32. The van der Waals surface area contributed by atoms with Gasteiger partial charge in [-0.15, -0.1) is 11.6 Å². The van der Waals surface area contributed by atoms with Gasteiger partial charge < -0.3 is 0 Å². The second-order valence-electron chi connectivity index (χ2n) is 4.39. The van der Waals surface area contributed by atoms with Crippen LogP contribution < -0.4 is 0 Å². The van der Waals surface area contributed by atoms with Gasteiger partial charge in [-0.05, 0) is 34.7 Å². The van der Waals surface area contributed by atoms with E-state index in [1.165, 1.54) is 17.9 Å². The number of alkyl halides is 1. The Hall–Kier alpha value is 0.640. The zero-order valence-corrected chi connectivity index (χ0v) is 8.76. The first kappa shape index (κ1) is 8.25. The van der Waals surface area contributed by atoms with Crippen molar-refractivity contribution in [1.82, 2.24) is 0 Å². The summed E-state index contributed by atoms with van der Waals surface area (Å²) in [4.78, 5) is 0. The average molecular weight is 191 g/mol. The second-order valence-corrected chi connectivity index (χ2v) is 5.80. The highest BCUT2D eigenvalue weighted by Crippen LogP contribution is 2.74. The summed E-state index contributed by atoms with van der Waals surface area (Å²) in [5, 5.41) is 0. The van der Waals surface area contributed by atoms with Crippen molar-refractivity contribution in [3.8, 4) is 0 Å². The Morgan fingerprint density at radius 3 is 2.64 bits per heavy atom. The highest BCUT2D eigenvalue weighted by atomic mass is 35.5. The smallest absolute Gasteiger partial charge is 0.0262 e. The van der Waals surface area contributed by atoms with Gasteiger partial charge in [0.25, 0.3) is 0 Å². The number of thioether (sulfide) groups is 1. The van der Waals surface area contributed by atoms with Gasteiger partial charge in [0.05, 0.1) is 0 Å². The van der Waals surface area contributed by atoms with Gasteiger partial charge in [-0.2, -0.15) is 11.8 Å². The summed E-state index contributed by atoms with van der Waals surface area (Å²) in [6, 6.07) is 0. The predicted octanol–water partition coefficient (Wildman–Crippen LogP) is 3.00. The largest absolute Gasteiger partial charge is 0.161 e. The minimum atomic E-state index is 0.540. The molecule has 1 aliphatic heterocycles. The lowest BCUT2D eigenvalue weighted by molar-refractivity contribution is 0.429. The van der Waals surface area contributed by atoms with Gasteiger partial charge in [0.2, 0.25) is 0 Å². The van der Waals surface area contributed by atoms with Crippen molar-refractivity contribution >= 4 is 23.4 Å². The molecule has 0 bridgehead atoms. The topological polar surface area (TPSA) is 0 Å². The quantitative estimate of drug-likeness (QED) is 0.573. The Bertz CT molecular complexity index is 170. The lowest BCUT2D eigenvalue weighted by atomic mass is 9.96. The Balaban J connectivity index is 2.17. The minimum Gasteiger partial charge on any atom is -0.161 e. The summed E-state index contributed by atoms with van der Waals surface area (Å²) in [5.41, 5.74) is 1.18. The molecule has 0 N–H and O–H groups in total. The Kier molecular flexibility index (Phi) is 1.74. The molecule has 0 aromatic carbocycles. The SMILES string of the molecule is CC1(C)C(CCl)C12CCSC2. The third-order valence-corrected chi connectivity index (χ3v) is 5.47. The van der Waals surface area contributed by atoms with Gasteiger partial charge in [-0.3, -0.25) is 0 Å². The molecule has 0 amide bonds. The van der Waals surface area contributed by atoms with E-state index in [1.54, 1.807) is 0 Å². The van der Waals surface area contributed by atoms with Crippen LogP contribution in [0.5, 0.6) is 0 Å². The summed E-state index contributed by atoms with van der Waals surface area (Å²) in [5.74, 6) is 4.38. The molecule has 1 spiro atoms. The van der Waals surface area contributed by atoms with Crippen molar-refractivity contribution in [2.24, 2.45) is 16.7 Å². The molecular formula is C9H15ClS. The molecule has 11 heavy (non-hydrogen) atoms. The predicted molar refractivity (Wildman–Crippen MR) is 52.4 cm³/mol. The summed E-state index contributed by atoms with van der Waals surface area (Å²) < 4.78 is 0. The van der Waals surface area contributed by atoms with Crippen molar-refractivity contribution in [3.05, 3.63) is 0 Å². The highest BCUT2D eigenvalue weighted by molar-refractivity contribution is 7.99. The number of hydrogen-bond acceptors (Lipinski definition) is 1. The average Bonchev–Trinajstić information content (AvgIpc) is 2.36. The van der Waals surface area contributed by atoms with Gasteiger partial charge in [-0.25, -0.2) is 0 Å². The van der Waals surface area contributed by atoms with Crippen LogP contribution in [0.1, 0.15) is 20.3 Å². The van der Waals surface area contributed by atoms with Crippen LogP contribution in [0.2, 0.25) is 0 Å². The molecule has 1 saturated carbocycles. The Morgan fingerprint density at radius 2 is 2.27 bits per heavy atom. The van der Waals surface area contributed by atoms with Crippen LogP contribution in [0.3, 0.4) is 0 Å². The Labute approximate surface area is 78.1 Å². The van der Waals surface area contributed by atoms with E-state index < -0.39 is 0 Å². The van der Waals surface area contributed by atoms with E-state index >= 15 is 0 Å². The Morgan fingerprint density at radius 1 is 1.55 bits per heavy atom. The van der Waals surface area contributed by atoms with E-state index in [0.717, 1.165) is 11.8 Å². The maximum absolute atomic E-state index is 5.94. The number of hydrogen-bond donors (Lipinski definition) is 0. The van der Waals surface area contributed by atoms with Gasteiger partial charge in [0.1, 0.15) is 0 Å². The third-order valence-electron chi connectivity index (χ3n) is 3.94. The molecule has 0 nitrogen and oxygen atoms in total. The first-order valence-electron chi connectivity index (χ1n) is 4.29. The maximum Gasteiger partial charge on any atom is 0.0262 e. The fourth-order valence-corrected chi connectivity index (χ4v) is 5.18. The minimum absolute atomic E-state index is 0.540. The fourth-order valence-electron chi connectivity index (χ4n) is 2.77. The summed E-state index contributed by atoms with van der Waals surface area (Å²) >= 11 is 8.05. The van der Waals surface area contributed by atoms with Crippen LogP contribution in [-0.4, -0.2) is 17.4 Å². The van der Waals surface area contributed by atoms with Crippen molar-refractivity contribution < 1.29 is 0 Å². The molecule has 2 heteroatoms. The first-order valence-corrected chi connectivity index (χ1v) is 5.98. The van der Waals surface area contributed by atoms with Gasteiger partial charge >= 0.3 is 0 Å². The van der Waals surface area contributed by atoms with Crippen LogP contribution in [-0.2, 0) is 0 Å². The van der Waals surface area contributed by atoms with E-state index in [4.69, 9.17) is 11.6 Å². The molecule has 0 aromatic heterocycles. The molecule has 1 aliphatic carbocycles. The van der Waals surface area contributed by atoms with Crippen LogP contribution in [0.4, 0.5) is 0 Å². The molecule has 2 rings (SSSR count). The summed E-state index contributed by atoms with van der Waals surface area (Å²) in [7, 11) is 0. The lowest BCUT2D eigenvalue weighted by Crippen LogP contribution is -2.06. The number of halogens is 1. The molecule has 2 unspecified atom stereocenters. The van der Waals surface area contributed by atoms with Crippen LogP contribution in [0, 0.1) is 16.7 Å². The zero-order chi connectivity index (χ0) is 8.11. The van der Waals surface area contributed by atoms with E-state index in [-0.39, 0.29) is 0 Å². The van der Waals surface area contributed by atoms with Crippen LogP contribution in [0.15, 0.2) is 0 Å². The molecule has 2 atom stereocenters. The van der Waals surface area contributed by atoms with E-state index in [9.17, 15) is 0 Å². The molecule has 1 heterocycles. The van der Waals surface area contributed by atoms with Gasteiger partial charge in [0, 0.05) is 5.88 Å². The van der Waals surface area contributed by atoms with Gasteiger partial charge in [-0.1, -0.05) is 13.8 Å². The molecule has 2 aliphatic rings. The molecule has 1 saturated heterocycles. The van der Waals surface area contributed by atoms with E-state index in [2.05, 4.69) is 25.6 Å². The van der Waals surface area contributed by atoms with E-state index in [1.807, 2.05) is 0 Å². The van der Waals surface area contributed by atoms with Crippen molar-refractivity contribution in [2.45, 2.75) is 20.3 Å². The standard InChI is InChI=1S/C9H15ClS/c1-8(2)7(5-10)9(8)3-4-11-6-9/h7H,3-6H2,1-2H3. The van der Waals surface area contributed by atoms with Crippen molar-refractivity contribution in [1.29, 1.82) is 0 Å². The van der Waals surface area contributed by atoms with E-state index in [0.29, 0.717) is 10.8 Å². The molecular weight excluding hydrogens is 176 g/mol. The van der Waals surface area contributed by atoms with Crippen molar-refractivity contribution in [3.63, 3.8) is 0 Å². The fraction of sp³-hybridized carbons (Fsp3) is 1.00. The molecule has 2 fully saturated rings. The lowest BCUT2D eigenvalue weighted by Gasteiger charge is -2.09. The monoisotopic (exact) mass is 190 g/mol.